The van der Waals surface area contributed by atoms with Crippen LogP contribution in [0.1, 0.15) is 75.1 Å². The quantitative estimate of drug-likeness (QED) is 0.0961. The zero-order valence-electron chi connectivity index (χ0n) is 37.2. The molecule has 0 amide bonds. The van der Waals surface area contributed by atoms with Crippen LogP contribution >= 0.6 is 38.6 Å². The molecule has 0 aliphatic carbocycles. The Kier molecular flexibility index (Phi) is 17.7. The van der Waals surface area contributed by atoms with Crippen molar-refractivity contribution in [2.24, 2.45) is 10.3 Å². The van der Waals surface area contributed by atoms with Gasteiger partial charge in [-0.25, -0.2) is 27.1 Å². The van der Waals surface area contributed by atoms with E-state index in [9.17, 15) is 36.9 Å². The SMILES string of the molecule is Cc1ccccc1CBr.Cc1ccccc1CN1CCc2c(sc(CC(=O)Cc3ccc(S(N)(=O)=O)cc3)c2C#N)C1.N#Cc1c(CC(=O)Cc2ccc(S(N)(=O)=O)cc2)sc2c1CCNC2. The van der Waals surface area contributed by atoms with Gasteiger partial charge in [0.2, 0.25) is 20.0 Å². The topological polar surface area (TPSA) is 217 Å². The zero-order chi connectivity index (χ0) is 48.3. The molecule has 5 N–H and O–H groups in total. The van der Waals surface area contributed by atoms with Crippen molar-refractivity contribution in [1.82, 2.24) is 10.2 Å². The number of benzene rings is 4. The molecule has 4 aromatic carbocycles. The first-order chi connectivity index (χ1) is 32.0. The Bertz CT molecular complexity index is 3060. The molecule has 0 saturated carbocycles. The minimum Gasteiger partial charge on any atom is -0.312 e. The summed E-state index contributed by atoms with van der Waals surface area (Å²) in [5, 5.41) is 33.6. The molecular formula is C50H51BrN6O6S4. The van der Waals surface area contributed by atoms with Crippen molar-refractivity contribution in [3.63, 3.8) is 0 Å². The summed E-state index contributed by atoms with van der Waals surface area (Å²) in [6, 6.07) is 33.3. The summed E-state index contributed by atoms with van der Waals surface area (Å²) >= 11 is 6.51. The molecule has 0 fully saturated rings. The number of alkyl halides is 1. The van der Waals surface area contributed by atoms with Gasteiger partial charge in [-0.15, -0.1) is 22.7 Å². The Labute approximate surface area is 409 Å². The van der Waals surface area contributed by atoms with E-state index in [4.69, 9.17) is 10.3 Å². The molecule has 0 unspecified atom stereocenters. The normalized spacial score (nSPS) is 13.4. The number of halogens is 1. The summed E-state index contributed by atoms with van der Waals surface area (Å²) in [5.74, 6) is -0.0170. The molecule has 0 bridgehead atoms. The fourth-order valence-corrected chi connectivity index (χ4v) is 12.2. The predicted molar refractivity (Wildman–Crippen MR) is 267 cm³/mol. The number of Topliss-reactive ketones (excluding diaryl/α,β-unsaturated/α-hetero) is 2. The van der Waals surface area contributed by atoms with Gasteiger partial charge in [0, 0.05) is 76.7 Å². The standard InChI is InChI=1S/C25H25N3O3S2.C17H17N3O3S2.C8H9Br/c1-17-4-2-3-5-19(17)15-28-11-10-22-23(14-26)24(32-25(22)16-28)13-20(29)12-18-6-8-21(9-7-18)33(27,30)31;18-9-15-14-5-6-20-10-17(14)24-16(15)8-12(21)7-11-1-3-13(4-2-11)25(19,22)23;1-7-4-2-3-5-8(7)6-9/h2-9H,10-13,15-16H2,1H3,(H2,27,30,31);1-4,20H,5-8,10H2,(H2,19,22,23);2-5H,6H2,1H3. The fraction of sp³-hybridized carbons (Fsp3) is 0.280. The van der Waals surface area contributed by atoms with E-state index >= 15 is 0 Å². The van der Waals surface area contributed by atoms with Crippen LogP contribution in [0.5, 0.6) is 0 Å². The first-order valence-corrected chi connectivity index (χ1v) is 27.2. The maximum absolute atomic E-state index is 12.7. The van der Waals surface area contributed by atoms with Crippen LogP contribution in [-0.4, -0.2) is 46.4 Å². The molecular weight excluding hydrogens is 989 g/mol. The average molecular weight is 1040 g/mol. The highest BCUT2D eigenvalue weighted by Gasteiger charge is 2.26. The number of nitrogens with zero attached hydrogens (tertiary/aromatic N) is 3. The van der Waals surface area contributed by atoms with Crippen molar-refractivity contribution >= 4 is 70.2 Å². The van der Waals surface area contributed by atoms with E-state index in [-0.39, 0.29) is 47.0 Å². The van der Waals surface area contributed by atoms with Gasteiger partial charge in [-0.2, -0.15) is 10.5 Å². The number of ketones is 2. The van der Waals surface area contributed by atoms with Gasteiger partial charge < -0.3 is 5.32 Å². The van der Waals surface area contributed by atoms with Gasteiger partial charge in [-0.3, -0.25) is 14.5 Å². The van der Waals surface area contributed by atoms with Crippen LogP contribution in [0, 0.1) is 36.5 Å². The van der Waals surface area contributed by atoms with Crippen LogP contribution in [0.25, 0.3) is 0 Å². The number of nitrogens with one attached hydrogen (secondary N) is 1. The Morgan fingerprint density at radius 3 is 1.58 bits per heavy atom. The number of sulfonamides is 2. The van der Waals surface area contributed by atoms with Gasteiger partial charge in [-0.1, -0.05) is 88.7 Å². The van der Waals surface area contributed by atoms with E-state index in [0.717, 1.165) is 87.8 Å². The van der Waals surface area contributed by atoms with Crippen molar-refractivity contribution in [2.45, 2.75) is 87.1 Å². The van der Waals surface area contributed by atoms with Gasteiger partial charge in [-0.05, 0) is 102 Å². The number of fused-ring (bicyclic) bond motifs is 2. The van der Waals surface area contributed by atoms with Crippen LogP contribution in [0.3, 0.4) is 0 Å². The first-order valence-electron chi connectivity index (χ1n) is 21.4. The summed E-state index contributed by atoms with van der Waals surface area (Å²) in [4.78, 5) is 31.5. The number of hydrogen-bond donors (Lipinski definition) is 3. The first kappa shape index (κ1) is 51.2. The molecule has 6 aromatic rings. The molecule has 0 saturated heterocycles. The lowest BCUT2D eigenvalue weighted by Gasteiger charge is -2.27. The van der Waals surface area contributed by atoms with E-state index in [1.807, 2.05) is 6.07 Å². The molecule has 12 nitrogen and oxygen atoms in total. The lowest BCUT2D eigenvalue weighted by molar-refractivity contribution is -0.118. The fourth-order valence-electron chi connectivity index (χ4n) is 7.87. The number of primary sulfonamides is 2. The Morgan fingerprint density at radius 2 is 1.13 bits per heavy atom. The highest BCUT2D eigenvalue weighted by molar-refractivity contribution is 9.08. The third-order valence-electron chi connectivity index (χ3n) is 11.5. The molecule has 8 rings (SSSR count). The number of hydrogen-bond acceptors (Lipinski definition) is 12. The monoisotopic (exact) mass is 1040 g/mol. The molecule has 348 valence electrons. The van der Waals surface area contributed by atoms with Crippen molar-refractivity contribution in [1.29, 1.82) is 10.5 Å². The highest BCUT2D eigenvalue weighted by atomic mass is 79.9. The zero-order valence-corrected chi connectivity index (χ0v) is 42.0. The number of carbonyl (C=O) groups excluding carboxylic acids is 2. The molecule has 2 aliphatic heterocycles. The second-order valence-corrected chi connectivity index (χ2v) is 22.4. The number of thiophene rings is 2. The molecule has 67 heavy (non-hydrogen) atoms. The number of nitrogens with two attached hydrogens (primary N) is 2. The van der Waals surface area contributed by atoms with Gasteiger partial charge in [0.15, 0.2) is 0 Å². The van der Waals surface area contributed by atoms with Crippen molar-refractivity contribution in [3.8, 4) is 12.1 Å². The summed E-state index contributed by atoms with van der Waals surface area (Å²) in [6.45, 7) is 8.38. The second kappa shape index (κ2) is 23.2. The van der Waals surface area contributed by atoms with E-state index in [2.05, 4.69) is 94.6 Å². The lowest BCUT2D eigenvalue weighted by atomic mass is 9.99. The van der Waals surface area contributed by atoms with Crippen LogP contribution in [0.4, 0.5) is 0 Å². The summed E-state index contributed by atoms with van der Waals surface area (Å²) in [6.07, 6.45) is 2.42. The predicted octanol–water partition coefficient (Wildman–Crippen LogP) is 7.65. The minimum atomic E-state index is -3.76. The van der Waals surface area contributed by atoms with E-state index < -0.39 is 20.0 Å². The van der Waals surface area contributed by atoms with Crippen molar-refractivity contribution in [3.05, 3.63) is 172 Å². The smallest absolute Gasteiger partial charge is 0.238 e. The number of rotatable bonds is 13. The molecule has 4 heterocycles. The number of aryl methyl sites for hydroxylation is 2. The Morgan fingerprint density at radius 1 is 0.672 bits per heavy atom. The molecule has 17 heteroatoms. The van der Waals surface area contributed by atoms with Gasteiger partial charge in [0.25, 0.3) is 0 Å². The van der Waals surface area contributed by atoms with Gasteiger partial charge in [0.05, 0.1) is 20.9 Å². The number of nitriles is 2. The van der Waals surface area contributed by atoms with E-state index in [1.165, 1.54) is 62.7 Å². The third-order valence-corrected chi connectivity index (χ3v) is 16.4. The molecule has 2 aliphatic rings. The second-order valence-electron chi connectivity index (χ2n) is 16.4. The van der Waals surface area contributed by atoms with Crippen LogP contribution in [-0.2, 0) is 93.1 Å². The number of carbonyl (C=O) groups is 2. The molecule has 2 aromatic heterocycles. The van der Waals surface area contributed by atoms with Crippen molar-refractivity contribution in [2.75, 3.05) is 13.1 Å². The van der Waals surface area contributed by atoms with E-state index in [1.54, 1.807) is 35.6 Å². The van der Waals surface area contributed by atoms with Gasteiger partial charge in [0.1, 0.15) is 23.7 Å². The maximum Gasteiger partial charge on any atom is 0.238 e. The van der Waals surface area contributed by atoms with E-state index in [0.29, 0.717) is 11.1 Å². The molecule has 0 atom stereocenters. The molecule has 0 radical (unpaired) electrons. The minimum absolute atomic E-state index is 0.00795. The summed E-state index contributed by atoms with van der Waals surface area (Å²) in [5.41, 5.74) is 10.2. The van der Waals surface area contributed by atoms with Crippen LogP contribution in [0.2, 0.25) is 0 Å². The highest BCUT2D eigenvalue weighted by Crippen LogP contribution is 2.35. The maximum atomic E-state index is 12.7. The Balaban J connectivity index is 0.000000191. The molecule has 0 spiro atoms. The third kappa shape index (κ3) is 13.9. The van der Waals surface area contributed by atoms with Crippen LogP contribution in [0.15, 0.2) is 107 Å². The van der Waals surface area contributed by atoms with Gasteiger partial charge >= 0.3 is 0 Å². The van der Waals surface area contributed by atoms with Crippen molar-refractivity contribution < 1.29 is 26.4 Å². The lowest BCUT2D eigenvalue weighted by Crippen LogP contribution is -2.29. The summed E-state index contributed by atoms with van der Waals surface area (Å²) < 4.78 is 45.3. The average Bonchev–Trinajstić information content (AvgIpc) is 3.83. The largest absolute Gasteiger partial charge is 0.312 e. The van der Waals surface area contributed by atoms with Crippen LogP contribution < -0.4 is 15.6 Å². The Hall–Kier alpha value is -5.18. The summed E-state index contributed by atoms with van der Waals surface area (Å²) in [7, 11) is -7.49.